The van der Waals surface area contributed by atoms with Gasteiger partial charge in [0.05, 0.1) is 9.79 Å². The van der Waals surface area contributed by atoms with E-state index in [-0.39, 0.29) is 15.8 Å². The Labute approximate surface area is 119 Å². The van der Waals surface area contributed by atoms with Crippen molar-refractivity contribution in [3.05, 3.63) is 24.3 Å². The number of benzene rings is 1. The second-order valence-corrected chi connectivity index (χ2v) is 8.82. The lowest BCUT2D eigenvalue weighted by Gasteiger charge is -2.32. The Kier molecular flexibility index (Phi) is 4.19. The van der Waals surface area contributed by atoms with Crippen molar-refractivity contribution in [3.8, 4) is 0 Å². The molecular weight excluding hydrogens is 300 g/mol. The second-order valence-electron chi connectivity index (χ2n) is 4.91. The number of piperazine rings is 1. The van der Waals surface area contributed by atoms with Gasteiger partial charge < -0.3 is 5.32 Å². The van der Waals surface area contributed by atoms with Crippen molar-refractivity contribution in [1.29, 1.82) is 0 Å². The van der Waals surface area contributed by atoms with Gasteiger partial charge in [-0.15, -0.1) is 0 Å². The number of sulfonamides is 1. The summed E-state index contributed by atoms with van der Waals surface area (Å²) in [6, 6.07) is 5.23. The fourth-order valence-electron chi connectivity index (χ4n) is 2.17. The zero-order chi connectivity index (χ0) is 15.0. The van der Waals surface area contributed by atoms with Crippen molar-refractivity contribution in [2.45, 2.75) is 22.8 Å². The van der Waals surface area contributed by atoms with Crippen molar-refractivity contribution in [2.75, 3.05) is 25.9 Å². The fourth-order valence-corrected chi connectivity index (χ4v) is 4.43. The normalized spacial score (nSPS) is 21.8. The van der Waals surface area contributed by atoms with Gasteiger partial charge in [-0.3, -0.25) is 0 Å². The minimum Gasteiger partial charge on any atom is -0.314 e. The van der Waals surface area contributed by atoms with Gasteiger partial charge in [0.25, 0.3) is 0 Å². The average molecular weight is 318 g/mol. The summed E-state index contributed by atoms with van der Waals surface area (Å²) in [5, 5.41) is 3.13. The molecule has 1 aromatic rings. The van der Waals surface area contributed by atoms with E-state index in [0.717, 1.165) is 6.26 Å². The van der Waals surface area contributed by atoms with Gasteiger partial charge in [-0.25, -0.2) is 16.8 Å². The maximum atomic E-state index is 12.5. The molecule has 1 atom stereocenters. The SMILES string of the molecule is C[C@@H]1CNCCN1S(=O)(=O)c1ccc(S(C)(=O)=O)cc1. The number of nitrogens with zero attached hydrogens (tertiary/aromatic N) is 1. The topological polar surface area (TPSA) is 83.6 Å². The molecule has 0 aliphatic carbocycles. The van der Waals surface area contributed by atoms with Crippen LogP contribution in [-0.4, -0.2) is 53.1 Å². The van der Waals surface area contributed by atoms with E-state index in [9.17, 15) is 16.8 Å². The summed E-state index contributed by atoms with van der Waals surface area (Å²) < 4.78 is 49.2. The Bertz CT molecular complexity index is 681. The predicted octanol–water partition coefficient (Wildman–Crippen LogP) is 0.0725. The maximum Gasteiger partial charge on any atom is 0.243 e. The standard InChI is InChI=1S/C12H18N2O4S2/c1-10-9-13-7-8-14(10)20(17,18)12-5-3-11(4-6-12)19(2,15)16/h3-6,10,13H,7-9H2,1-2H3/t10-/m1/s1. The van der Waals surface area contributed by atoms with Crippen LogP contribution in [0.4, 0.5) is 0 Å². The van der Waals surface area contributed by atoms with E-state index < -0.39 is 19.9 Å². The highest BCUT2D eigenvalue weighted by atomic mass is 32.2. The van der Waals surface area contributed by atoms with Gasteiger partial charge in [-0.05, 0) is 31.2 Å². The Morgan fingerprint density at radius 1 is 1.10 bits per heavy atom. The quantitative estimate of drug-likeness (QED) is 0.853. The fraction of sp³-hybridized carbons (Fsp3) is 0.500. The van der Waals surface area contributed by atoms with Gasteiger partial charge in [0.2, 0.25) is 10.0 Å². The van der Waals surface area contributed by atoms with Gasteiger partial charge in [0, 0.05) is 31.9 Å². The molecular formula is C12H18N2O4S2. The highest BCUT2D eigenvalue weighted by Crippen LogP contribution is 2.21. The first-order chi connectivity index (χ1) is 9.23. The van der Waals surface area contributed by atoms with Crippen LogP contribution in [-0.2, 0) is 19.9 Å². The number of hydrogen-bond acceptors (Lipinski definition) is 5. The number of sulfone groups is 1. The van der Waals surface area contributed by atoms with Crippen LogP contribution in [0.15, 0.2) is 34.1 Å². The highest BCUT2D eigenvalue weighted by molar-refractivity contribution is 7.90. The largest absolute Gasteiger partial charge is 0.314 e. The summed E-state index contributed by atoms with van der Waals surface area (Å²) in [5.41, 5.74) is 0. The van der Waals surface area contributed by atoms with E-state index in [4.69, 9.17) is 0 Å². The molecule has 2 rings (SSSR count). The molecule has 1 saturated heterocycles. The molecule has 0 saturated carbocycles. The number of hydrogen-bond donors (Lipinski definition) is 1. The molecule has 1 aromatic carbocycles. The number of nitrogens with one attached hydrogen (secondary N) is 1. The monoisotopic (exact) mass is 318 g/mol. The smallest absolute Gasteiger partial charge is 0.243 e. The van der Waals surface area contributed by atoms with Crippen LogP contribution in [0.25, 0.3) is 0 Å². The zero-order valence-electron chi connectivity index (χ0n) is 11.4. The second kappa shape index (κ2) is 5.44. The van der Waals surface area contributed by atoms with Crippen LogP contribution in [0, 0.1) is 0 Å². The van der Waals surface area contributed by atoms with Crippen LogP contribution < -0.4 is 5.32 Å². The Morgan fingerprint density at radius 2 is 1.65 bits per heavy atom. The van der Waals surface area contributed by atoms with E-state index in [1.54, 1.807) is 0 Å². The molecule has 0 unspecified atom stereocenters. The lowest BCUT2D eigenvalue weighted by Crippen LogP contribution is -2.52. The third kappa shape index (κ3) is 3.03. The average Bonchev–Trinajstić information content (AvgIpc) is 2.38. The van der Waals surface area contributed by atoms with Crippen LogP contribution in [0.3, 0.4) is 0 Å². The lowest BCUT2D eigenvalue weighted by molar-refractivity contribution is 0.284. The molecule has 6 nitrogen and oxygen atoms in total. The summed E-state index contributed by atoms with van der Waals surface area (Å²) in [5.74, 6) is 0. The minimum atomic E-state index is -3.57. The zero-order valence-corrected chi connectivity index (χ0v) is 13.0. The van der Waals surface area contributed by atoms with Gasteiger partial charge in [0.1, 0.15) is 0 Å². The Balaban J connectivity index is 2.35. The van der Waals surface area contributed by atoms with E-state index in [0.29, 0.717) is 19.6 Å². The van der Waals surface area contributed by atoms with Crippen LogP contribution in [0.5, 0.6) is 0 Å². The highest BCUT2D eigenvalue weighted by Gasteiger charge is 2.30. The summed E-state index contributed by atoms with van der Waals surface area (Å²) in [4.78, 5) is 0.239. The van der Waals surface area contributed by atoms with Gasteiger partial charge in [-0.2, -0.15) is 4.31 Å². The van der Waals surface area contributed by atoms with Crippen molar-refractivity contribution < 1.29 is 16.8 Å². The molecule has 8 heteroatoms. The summed E-state index contributed by atoms with van der Waals surface area (Å²) >= 11 is 0. The Hall–Kier alpha value is -0.960. The molecule has 0 amide bonds. The first kappa shape index (κ1) is 15.4. The Morgan fingerprint density at radius 3 is 2.15 bits per heavy atom. The van der Waals surface area contributed by atoms with Crippen LogP contribution >= 0.6 is 0 Å². The minimum absolute atomic E-state index is 0.116. The van der Waals surface area contributed by atoms with Gasteiger partial charge in [0.15, 0.2) is 9.84 Å². The van der Waals surface area contributed by atoms with Crippen molar-refractivity contribution in [3.63, 3.8) is 0 Å². The third-order valence-corrected chi connectivity index (χ3v) is 6.46. The van der Waals surface area contributed by atoms with E-state index in [2.05, 4.69) is 5.32 Å². The molecule has 112 valence electrons. The molecule has 20 heavy (non-hydrogen) atoms. The molecule has 1 fully saturated rings. The molecule has 0 bridgehead atoms. The first-order valence-corrected chi connectivity index (χ1v) is 9.59. The molecule has 1 aliphatic heterocycles. The molecule has 0 aromatic heterocycles. The van der Waals surface area contributed by atoms with Gasteiger partial charge in [-0.1, -0.05) is 0 Å². The van der Waals surface area contributed by atoms with Crippen molar-refractivity contribution in [2.24, 2.45) is 0 Å². The van der Waals surface area contributed by atoms with Crippen LogP contribution in [0.1, 0.15) is 6.92 Å². The van der Waals surface area contributed by atoms with Crippen LogP contribution in [0.2, 0.25) is 0 Å². The first-order valence-electron chi connectivity index (χ1n) is 6.25. The third-order valence-electron chi connectivity index (χ3n) is 3.30. The molecule has 1 heterocycles. The van der Waals surface area contributed by atoms with Crippen molar-refractivity contribution >= 4 is 19.9 Å². The predicted molar refractivity (Wildman–Crippen MR) is 75.8 cm³/mol. The summed E-state index contributed by atoms with van der Waals surface area (Å²) in [6.45, 7) is 3.48. The lowest BCUT2D eigenvalue weighted by atomic mass is 10.3. The van der Waals surface area contributed by atoms with Crippen molar-refractivity contribution in [1.82, 2.24) is 9.62 Å². The maximum absolute atomic E-state index is 12.5. The van der Waals surface area contributed by atoms with E-state index in [1.807, 2.05) is 6.92 Å². The number of rotatable bonds is 3. The molecule has 1 N–H and O–H groups in total. The molecule has 1 aliphatic rings. The van der Waals surface area contributed by atoms with E-state index in [1.165, 1.54) is 28.6 Å². The van der Waals surface area contributed by atoms with E-state index >= 15 is 0 Å². The summed E-state index contributed by atoms with van der Waals surface area (Å²) in [7, 11) is -6.89. The summed E-state index contributed by atoms with van der Waals surface area (Å²) in [6.07, 6.45) is 1.09. The van der Waals surface area contributed by atoms with Gasteiger partial charge >= 0.3 is 0 Å². The molecule has 0 radical (unpaired) electrons. The molecule has 0 spiro atoms.